The molecule has 3 aromatic rings. The summed E-state index contributed by atoms with van der Waals surface area (Å²) in [5.41, 5.74) is 2.59. The highest BCUT2D eigenvalue weighted by Crippen LogP contribution is 2.42. The van der Waals surface area contributed by atoms with Crippen molar-refractivity contribution in [2.45, 2.75) is 30.7 Å². The molecule has 0 heterocycles. The average molecular weight is 356 g/mol. The molecule has 27 heavy (non-hydrogen) atoms. The molecule has 3 aromatic carbocycles. The quantitative estimate of drug-likeness (QED) is 0.511. The van der Waals surface area contributed by atoms with Crippen LogP contribution in [0.25, 0.3) is 0 Å². The third-order valence-electron chi connectivity index (χ3n) is 5.16. The van der Waals surface area contributed by atoms with Gasteiger partial charge in [0.25, 0.3) is 0 Å². The van der Waals surface area contributed by atoms with Gasteiger partial charge in [0.05, 0.1) is 12.2 Å². The van der Waals surface area contributed by atoms with Gasteiger partial charge in [-0.15, -0.1) is 0 Å². The molecule has 2 atom stereocenters. The van der Waals surface area contributed by atoms with Gasteiger partial charge in [0.2, 0.25) is 0 Å². The topological polar surface area (TPSA) is 29.5 Å². The standard InChI is InChI=1S/C25H24O2/c26-23-16-18-24(19-17-23)27-25(20-10-4-1-5-11-20,21-12-6-2-7-13-21)22-14-8-3-9-15-22/h1-16,18,23-24,26H,17,19H2/t23-,24-/m1/s1. The molecule has 0 aliphatic heterocycles. The Morgan fingerprint density at radius 2 is 1.07 bits per heavy atom. The van der Waals surface area contributed by atoms with Crippen LogP contribution in [0.2, 0.25) is 0 Å². The van der Waals surface area contributed by atoms with E-state index in [-0.39, 0.29) is 12.2 Å². The zero-order chi connectivity index (χ0) is 18.5. The van der Waals surface area contributed by atoms with Crippen LogP contribution in [0.15, 0.2) is 103 Å². The van der Waals surface area contributed by atoms with Crippen LogP contribution in [-0.4, -0.2) is 17.3 Å². The first-order valence-corrected chi connectivity index (χ1v) is 9.50. The summed E-state index contributed by atoms with van der Waals surface area (Å²) in [6.45, 7) is 0. The number of ether oxygens (including phenoxy) is 1. The maximum atomic E-state index is 9.83. The molecular formula is C25H24O2. The second-order valence-electron chi connectivity index (χ2n) is 6.97. The Morgan fingerprint density at radius 3 is 1.44 bits per heavy atom. The highest BCUT2D eigenvalue weighted by molar-refractivity contribution is 5.47. The molecule has 1 aliphatic rings. The van der Waals surface area contributed by atoms with Crippen molar-refractivity contribution in [2.24, 2.45) is 0 Å². The van der Waals surface area contributed by atoms with Gasteiger partial charge < -0.3 is 9.84 Å². The summed E-state index contributed by atoms with van der Waals surface area (Å²) < 4.78 is 6.89. The highest BCUT2D eigenvalue weighted by Gasteiger charge is 2.39. The van der Waals surface area contributed by atoms with Gasteiger partial charge in [-0.25, -0.2) is 0 Å². The van der Waals surface area contributed by atoms with Crippen molar-refractivity contribution in [3.8, 4) is 0 Å². The average Bonchev–Trinajstić information content (AvgIpc) is 2.75. The maximum Gasteiger partial charge on any atom is 0.144 e. The molecule has 0 unspecified atom stereocenters. The number of rotatable bonds is 5. The van der Waals surface area contributed by atoms with Crippen molar-refractivity contribution in [3.05, 3.63) is 120 Å². The lowest BCUT2D eigenvalue weighted by molar-refractivity contribution is -0.0352. The molecule has 0 radical (unpaired) electrons. The Bertz CT molecular complexity index is 775. The summed E-state index contributed by atoms with van der Waals surface area (Å²) in [6, 6.07) is 31.2. The molecular weight excluding hydrogens is 332 g/mol. The van der Waals surface area contributed by atoms with E-state index in [2.05, 4.69) is 72.8 Å². The predicted molar refractivity (Wildman–Crippen MR) is 108 cm³/mol. The minimum atomic E-state index is -0.707. The Kier molecular flexibility index (Phi) is 5.19. The van der Waals surface area contributed by atoms with Gasteiger partial charge in [-0.1, -0.05) is 103 Å². The molecule has 0 saturated carbocycles. The summed E-state index contributed by atoms with van der Waals surface area (Å²) in [7, 11) is 0. The monoisotopic (exact) mass is 356 g/mol. The van der Waals surface area contributed by atoms with Crippen molar-refractivity contribution in [1.29, 1.82) is 0 Å². The van der Waals surface area contributed by atoms with Crippen LogP contribution in [-0.2, 0) is 10.3 Å². The Balaban J connectivity index is 1.90. The smallest absolute Gasteiger partial charge is 0.144 e. The first-order valence-electron chi connectivity index (χ1n) is 9.50. The molecule has 0 bridgehead atoms. The summed E-state index contributed by atoms with van der Waals surface area (Å²) in [5.74, 6) is 0. The lowest BCUT2D eigenvalue weighted by Gasteiger charge is -2.39. The molecule has 4 rings (SSSR count). The molecule has 2 nitrogen and oxygen atoms in total. The van der Waals surface area contributed by atoms with Gasteiger partial charge in [-0.05, 0) is 29.5 Å². The minimum Gasteiger partial charge on any atom is -0.389 e. The van der Waals surface area contributed by atoms with Gasteiger partial charge in [-0.2, -0.15) is 0 Å². The number of benzene rings is 3. The van der Waals surface area contributed by atoms with E-state index in [9.17, 15) is 5.11 Å². The van der Waals surface area contributed by atoms with Crippen molar-refractivity contribution < 1.29 is 9.84 Å². The molecule has 136 valence electrons. The molecule has 0 amide bonds. The molecule has 0 saturated heterocycles. The zero-order valence-electron chi connectivity index (χ0n) is 15.2. The second-order valence-corrected chi connectivity index (χ2v) is 6.97. The van der Waals surface area contributed by atoms with E-state index in [0.717, 1.165) is 29.5 Å². The molecule has 2 heteroatoms. The van der Waals surface area contributed by atoms with E-state index in [0.29, 0.717) is 0 Å². The molecule has 0 aromatic heterocycles. The van der Waals surface area contributed by atoms with Crippen molar-refractivity contribution >= 4 is 0 Å². The van der Waals surface area contributed by atoms with Gasteiger partial charge in [-0.3, -0.25) is 0 Å². The predicted octanol–water partition coefficient (Wildman–Crippen LogP) is 5.07. The molecule has 1 aliphatic carbocycles. The lowest BCUT2D eigenvalue weighted by Crippen LogP contribution is -2.37. The largest absolute Gasteiger partial charge is 0.389 e. The van der Waals surface area contributed by atoms with Gasteiger partial charge in [0, 0.05) is 0 Å². The Morgan fingerprint density at radius 1 is 0.630 bits per heavy atom. The van der Waals surface area contributed by atoms with Crippen molar-refractivity contribution in [1.82, 2.24) is 0 Å². The van der Waals surface area contributed by atoms with E-state index in [1.807, 2.05) is 30.4 Å². The van der Waals surface area contributed by atoms with Crippen LogP contribution in [0, 0.1) is 0 Å². The Labute approximate surface area is 160 Å². The Hall–Kier alpha value is -2.68. The summed E-state index contributed by atoms with van der Waals surface area (Å²) in [4.78, 5) is 0. The van der Waals surface area contributed by atoms with Crippen LogP contribution < -0.4 is 0 Å². The third kappa shape index (κ3) is 3.59. The fourth-order valence-electron chi connectivity index (χ4n) is 3.83. The maximum absolute atomic E-state index is 9.83. The molecule has 1 N–H and O–H groups in total. The van der Waals surface area contributed by atoms with E-state index < -0.39 is 5.60 Å². The van der Waals surface area contributed by atoms with Crippen molar-refractivity contribution in [3.63, 3.8) is 0 Å². The fourth-order valence-corrected chi connectivity index (χ4v) is 3.83. The first kappa shape index (κ1) is 17.7. The van der Waals surface area contributed by atoms with E-state index in [4.69, 9.17) is 4.74 Å². The summed E-state index contributed by atoms with van der Waals surface area (Å²) >= 11 is 0. The third-order valence-corrected chi connectivity index (χ3v) is 5.16. The lowest BCUT2D eigenvalue weighted by atomic mass is 9.79. The summed E-state index contributed by atoms with van der Waals surface area (Å²) in [6.07, 6.45) is 4.93. The van der Waals surface area contributed by atoms with Gasteiger partial charge in [0.15, 0.2) is 0 Å². The SMILES string of the molecule is O[C@@H]1C=C[C@@H](OC(c2ccccc2)(c2ccccc2)c2ccccc2)CC1. The molecule has 0 spiro atoms. The number of hydrogen-bond donors (Lipinski definition) is 1. The van der Waals surface area contributed by atoms with Crippen LogP contribution in [0.1, 0.15) is 29.5 Å². The van der Waals surface area contributed by atoms with Crippen LogP contribution >= 0.6 is 0 Å². The number of aliphatic hydroxyl groups is 1. The molecule has 0 fully saturated rings. The number of aliphatic hydroxyl groups excluding tert-OH is 1. The normalized spacial score (nSPS) is 19.7. The minimum absolute atomic E-state index is 0.0611. The number of hydrogen-bond acceptors (Lipinski definition) is 2. The van der Waals surface area contributed by atoms with E-state index in [1.54, 1.807) is 0 Å². The first-order chi connectivity index (χ1) is 13.3. The summed E-state index contributed by atoms with van der Waals surface area (Å²) in [5, 5.41) is 9.83. The van der Waals surface area contributed by atoms with E-state index >= 15 is 0 Å². The second kappa shape index (κ2) is 7.91. The zero-order valence-corrected chi connectivity index (χ0v) is 15.2. The van der Waals surface area contributed by atoms with Crippen molar-refractivity contribution in [2.75, 3.05) is 0 Å². The van der Waals surface area contributed by atoms with Crippen LogP contribution in [0.5, 0.6) is 0 Å². The van der Waals surface area contributed by atoms with Crippen LogP contribution in [0.4, 0.5) is 0 Å². The van der Waals surface area contributed by atoms with Gasteiger partial charge in [0.1, 0.15) is 5.60 Å². The van der Waals surface area contributed by atoms with Crippen LogP contribution in [0.3, 0.4) is 0 Å². The van der Waals surface area contributed by atoms with E-state index in [1.165, 1.54) is 0 Å². The fraction of sp³-hybridized carbons (Fsp3) is 0.200. The van der Waals surface area contributed by atoms with Gasteiger partial charge >= 0.3 is 0 Å². The highest BCUT2D eigenvalue weighted by atomic mass is 16.5.